The normalized spacial score (nSPS) is 10.6. The molecule has 0 unspecified atom stereocenters. The molecule has 3 aromatic rings. The largest absolute Gasteiger partial charge is 0.370 e. The first kappa shape index (κ1) is 15.0. The van der Waals surface area contributed by atoms with E-state index in [9.17, 15) is 4.79 Å². The van der Waals surface area contributed by atoms with Crippen molar-refractivity contribution in [3.63, 3.8) is 0 Å². The summed E-state index contributed by atoms with van der Waals surface area (Å²) in [5.41, 5.74) is 7.36. The van der Waals surface area contributed by atoms with Crippen LogP contribution in [0, 0.1) is 0 Å². The predicted octanol–water partition coefficient (Wildman–Crippen LogP) is 2.51. The van der Waals surface area contributed by atoms with Gasteiger partial charge in [-0.25, -0.2) is 9.97 Å². The number of hydrogen-bond donors (Lipinski definition) is 1. The number of aromatic nitrogens is 2. The van der Waals surface area contributed by atoms with Gasteiger partial charge in [-0.05, 0) is 17.7 Å². The number of carbonyl (C=O) groups excluding carboxylic acids is 1. The molecular formula is C18H18N4O. The van der Waals surface area contributed by atoms with Gasteiger partial charge in [0.25, 0.3) is 0 Å². The van der Waals surface area contributed by atoms with Gasteiger partial charge in [-0.2, -0.15) is 0 Å². The third-order valence-electron chi connectivity index (χ3n) is 3.67. The van der Waals surface area contributed by atoms with Crippen molar-refractivity contribution in [3.8, 4) is 0 Å². The number of para-hydroxylation sites is 1. The molecule has 1 aromatic heterocycles. The summed E-state index contributed by atoms with van der Waals surface area (Å²) >= 11 is 0. The molecule has 0 radical (unpaired) electrons. The molecular weight excluding hydrogens is 288 g/mol. The summed E-state index contributed by atoms with van der Waals surface area (Å²) in [6.45, 7) is 1.18. The van der Waals surface area contributed by atoms with Crippen LogP contribution in [0.3, 0.4) is 0 Å². The number of anilines is 1. The minimum atomic E-state index is -0.318. The van der Waals surface area contributed by atoms with Gasteiger partial charge in [0.15, 0.2) is 0 Å². The Kier molecular flexibility index (Phi) is 4.47. The lowest BCUT2D eigenvalue weighted by Crippen LogP contribution is -2.28. The highest BCUT2D eigenvalue weighted by atomic mass is 16.1. The number of carbonyl (C=O) groups is 1. The topological polar surface area (TPSA) is 72.1 Å². The van der Waals surface area contributed by atoms with Crippen molar-refractivity contribution in [1.29, 1.82) is 0 Å². The van der Waals surface area contributed by atoms with Crippen LogP contribution in [-0.4, -0.2) is 22.4 Å². The Labute approximate surface area is 134 Å². The van der Waals surface area contributed by atoms with Gasteiger partial charge in [-0.15, -0.1) is 0 Å². The van der Waals surface area contributed by atoms with Crippen molar-refractivity contribution in [1.82, 2.24) is 9.97 Å². The zero-order valence-electron chi connectivity index (χ0n) is 12.7. The van der Waals surface area contributed by atoms with Gasteiger partial charge in [-0.1, -0.05) is 42.5 Å². The highest BCUT2D eigenvalue weighted by Crippen LogP contribution is 2.24. The van der Waals surface area contributed by atoms with E-state index in [1.165, 1.54) is 0 Å². The molecule has 0 fully saturated rings. The minimum Gasteiger partial charge on any atom is -0.370 e. The highest BCUT2D eigenvalue weighted by Gasteiger charge is 2.13. The van der Waals surface area contributed by atoms with E-state index in [2.05, 4.69) is 27.0 Å². The van der Waals surface area contributed by atoms with E-state index in [0.29, 0.717) is 13.1 Å². The molecule has 116 valence electrons. The van der Waals surface area contributed by atoms with Gasteiger partial charge in [0.1, 0.15) is 12.1 Å². The molecule has 23 heavy (non-hydrogen) atoms. The Morgan fingerprint density at radius 3 is 2.52 bits per heavy atom. The second kappa shape index (κ2) is 6.87. The number of hydrogen-bond acceptors (Lipinski definition) is 4. The number of rotatable bonds is 6. The fourth-order valence-corrected chi connectivity index (χ4v) is 2.55. The van der Waals surface area contributed by atoms with Crippen molar-refractivity contribution in [3.05, 3.63) is 66.5 Å². The number of fused-ring (bicyclic) bond motifs is 1. The first-order valence-electron chi connectivity index (χ1n) is 7.51. The van der Waals surface area contributed by atoms with Crippen LogP contribution >= 0.6 is 0 Å². The molecule has 0 aliphatic rings. The molecule has 1 amide bonds. The summed E-state index contributed by atoms with van der Waals surface area (Å²) in [7, 11) is 0. The van der Waals surface area contributed by atoms with Gasteiger partial charge in [0.05, 0.1) is 5.52 Å². The van der Waals surface area contributed by atoms with Crippen LogP contribution in [0.5, 0.6) is 0 Å². The third-order valence-corrected chi connectivity index (χ3v) is 3.67. The molecule has 2 aromatic carbocycles. The highest BCUT2D eigenvalue weighted by molar-refractivity contribution is 5.89. The number of benzene rings is 2. The first-order chi connectivity index (χ1) is 11.2. The summed E-state index contributed by atoms with van der Waals surface area (Å²) in [4.78, 5) is 22.0. The van der Waals surface area contributed by atoms with Crippen LogP contribution in [0.15, 0.2) is 60.9 Å². The summed E-state index contributed by atoms with van der Waals surface area (Å²) in [5.74, 6) is 0.502. The Balaban J connectivity index is 1.97. The fourth-order valence-electron chi connectivity index (χ4n) is 2.55. The molecule has 5 nitrogen and oxygen atoms in total. The summed E-state index contributed by atoms with van der Waals surface area (Å²) < 4.78 is 0. The maximum Gasteiger partial charge on any atom is 0.219 e. The van der Waals surface area contributed by atoms with Gasteiger partial charge in [0, 0.05) is 24.9 Å². The smallest absolute Gasteiger partial charge is 0.219 e. The summed E-state index contributed by atoms with van der Waals surface area (Å²) in [6, 6.07) is 18.0. The van der Waals surface area contributed by atoms with Gasteiger partial charge in [-0.3, -0.25) is 4.79 Å². The molecule has 0 aliphatic heterocycles. The van der Waals surface area contributed by atoms with Crippen molar-refractivity contribution >= 4 is 22.6 Å². The molecule has 0 saturated heterocycles. The summed E-state index contributed by atoms with van der Waals surface area (Å²) in [5, 5.41) is 0.968. The van der Waals surface area contributed by atoms with E-state index in [4.69, 9.17) is 5.73 Å². The van der Waals surface area contributed by atoms with E-state index in [1.807, 2.05) is 42.5 Å². The van der Waals surface area contributed by atoms with E-state index >= 15 is 0 Å². The SMILES string of the molecule is NC(=O)CCN(Cc1ccccc1)c1ncnc2ccccc12. The lowest BCUT2D eigenvalue weighted by molar-refractivity contribution is -0.117. The number of nitrogens with two attached hydrogens (primary N) is 1. The molecule has 0 bridgehead atoms. The lowest BCUT2D eigenvalue weighted by Gasteiger charge is -2.24. The van der Waals surface area contributed by atoms with Crippen LogP contribution in [0.25, 0.3) is 10.9 Å². The molecule has 0 saturated carbocycles. The first-order valence-corrected chi connectivity index (χ1v) is 7.51. The zero-order valence-corrected chi connectivity index (χ0v) is 12.7. The molecule has 1 heterocycles. The monoisotopic (exact) mass is 306 g/mol. The molecule has 0 atom stereocenters. The Morgan fingerprint density at radius 1 is 1.00 bits per heavy atom. The third kappa shape index (κ3) is 3.63. The van der Waals surface area contributed by atoms with Crippen LogP contribution in [0.2, 0.25) is 0 Å². The Morgan fingerprint density at radius 2 is 1.74 bits per heavy atom. The maximum atomic E-state index is 11.2. The fraction of sp³-hybridized carbons (Fsp3) is 0.167. The quantitative estimate of drug-likeness (QED) is 0.759. The van der Waals surface area contributed by atoms with E-state index in [0.717, 1.165) is 22.3 Å². The van der Waals surface area contributed by atoms with E-state index in [1.54, 1.807) is 6.33 Å². The molecule has 2 N–H and O–H groups in total. The van der Waals surface area contributed by atoms with Gasteiger partial charge in [0.2, 0.25) is 5.91 Å². The molecule has 3 rings (SSSR count). The standard InChI is InChI=1S/C18H18N4O/c19-17(23)10-11-22(12-14-6-2-1-3-7-14)18-15-8-4-5-9-16(15)20-13-21-18/h1-9,13H,10-12H2,(H2,19,23). The number of amides is 1. The van der Waals surface area contributed by atoms with E-state index in [-0.39, 0.29) is 12.3 Å². The second-order valence-corrected chi connectivity index (χ2v) is 5.34. The Bertz CT molecular complexity index is 799. The van der Waals surface area contributed by atoms with Crippen molar-refractivity contribution in [2.45, 2.75) is 13.0 Å². The minimum absolute atomic E-state index is 0.283. The lowest BCUT2D eigenvalue weighted by atomic mass is 10.1. The predicted molar refractivity (Wildman–Crippen MR) is 90.8 cm³/mol. The van der Waals surface area contributed by atoms with Gasteiger partial charge >= 0.3 is 0 Å². The van der Waals surface area contributed by atoms with Crippen LogP contribution < -0.4 is 10.6 Å². The van der Waals surface area contributed by atoms with Crippen LogP contribution in [0.4, 0.5) is 5.82 Å². The van der Waals surface area contributed by atoms with Crippen LogP contribution in [-0.2, 0) is 11.3 Å². The van der Waals surface area contributed by atoms with Crippen molar-refractivity contribution < 1.29 is 4.79 Å². The van der Waals surface area contributed by atoms with Crippen molar-refractivity contribution in [2.75, 3.05) is 11.4 Å². The Hall–Kier alpha value is -2.95. The summed E-state index contributed by atoms with van der Waals surface area (Å²) in [6.07, 6.45) is 1.84. The second-order valence-electron chi connectivity index (χ2n) is 5.34. The zero-order chi connectivity index (χ0) is 16.1. The van der Waals surface area contributed by atoms with Gasteiger partial charge < -0.3 is 10.6 Å². The maximum absolute atomic E-state index is 11.2. The molecule has 5 heteroatoms. The number of nitrogens with zero attached hydrogens (tertiary/aromatic N) is 3. The molecule has 0 aliphatic carbocycles. The molecule has 0 spiro atoms. The average molecular weight is 306 g/mol. The van der Waals surface area contributed by atoms with E-state index < -0.39 is 0 Å². The van der Waals surface area contributed by atoms with Crippen molar-refractivity contribution in [2.24, 2.45) is 5.73 Å². The average Bonchev–Trinajstić information content (AvgIpc) is 2.59. The number of primary amides is 1. The van der Waals surface area contributed by atoms with Crippen LogP contribution in [0.1, 0.15) is 12.0 Å².